The van der Waals surface area contributed by atoms with E-state index < -0.39 is 0 Å². The number of pyridine rings is 5. The fourth-order valence-corrected chi connectivity index (χ4v) is 6.84. The Balaban J connectivity index is 1.02. The highest BCUT2D eigenvalue weighted by atomic mass is 16.3. The third kappa shape index (κ3) is 5.28. The average molecular weight is 669 g/mol. The number of aromatic nitrogens is 5. The van der Waals surface area contributed by atoms with Crippen molar-refractivity contribution in [1.29, 1.82) is 0 Å². The lowest BCUT2D eigenvalue weighted by Crippen LogP contribution is -2.09. The number of nitrogens with zero attached hydrogens (tertiary/aromatic N) is 6. The van der Waals surface area contributed by atoms with Gasteiger partial charge in [-0.3, -0.25) is 24.9 Å². The van der Waals surface area contributed by atoms with Crippen molar-refractivity contribution in [1.82, 2.24) is 24.9 Å². The molecule has 0 radical (unpaired) electrons. The molecule has 0 unspecified atom stereocenters. The molecule has 0 bridgehead atoms. The zero-order chi connectivity index (χ0) is 34.4. The third-order valence-electron chi connectivity index (χ3n) is 9.57. The Labute approximate surface area is 298 Å². The average Bonchev–Trinajstić information content (AvgIpc) is 3.59. The summed E-state index contributed by atoms with van der Waals surface area (Å²) < 4.78 is 6.15. The zero-order valence-corrected chi connectivity index (χ0v) is 27.8. The highest BCUT2D eigenvalue weighted by Crippen LogP contribution is 2.38. The molecule has 0 aliphatic rings. The Morgan fingerprint density at radius 2 is 0.865 bits per heavy atom. The number of anilines is 3. The number of hydrogen-bond acceptors (Lipinski definition) is 7. The van der Waals surface area contributed by atoms with Crippen LogP contribution in [0.1, 0.15) is 0 Å². The van der Waals surface area contributed by atoms with Gasteiger partial charge < -0.3 is 9.32 Å². The van der Waals surface area contributed by atoms with Crippen molar-refractivity contribution in [2.75, 3.05) is 4.90 Å². The molecule has 0 N–H and O–H groups in total. The van der Waals surface area contributed by atoms with Crippen LogP contribution < -0.4 is 4.90 Å². The first-order valence-electron chi connectivity index (χ1n) is 17.0. The van der Waals surface area contributed by atoms with E-state index in [0.717, 1.165) is 94.3 Å². The summed E-state index contributed by atoms with van der Waals surface area (Å²) >= 11 is 0. The lowest BCUT2D eigenvalue weighted by atomic mass is 10.1. The quantitative estimate of drug-likeness (QED) is 0.174. The lowest BCUT2D eigenvalue weighted by molar-refractivity contribution is 0.668. The summed E-state index contributed by atoms with van der Waals surface area (Å²) in [5.41, 5.74) is 10.5. The van der Waals surface area contributed by atoms with Crippen LogP contribution in [0.2, 0.25) is 0 Å². The Kier molecular flexibility index (Phi) is 6.99. The maximum Gasteiger partial charge on any atom is 0.139 e. The summed E-state index contributed by atoms with van der Waals surface area (Å²) in [6, 6.07) is 43.7. The van der Waals surface area contributed by atoms with Crippen LogP contribution in [0.25, 0.3) is 77.3 Å². The number of fused-ring (bicyclic) bond motifs is 5. The predicted octanol–water partition coefficient (Wildman–Crippen LogP) is 11.3. The number of hydrogen-bond donors (Lipinski definition) is 0. The number of rotatable bonds is 6. The Morgan fingerprint density at radius 3 is 1.40 bits per heavy atom. The van der Waals surface area contributed by atoms with Crippen LogP contribution in [0.15, 0.2) is 175 Å². The van der Waals surface area contributed by atoms with Gasteiger partial charge in [0.2, 0.25) is 0 Å². The minimum Gasteiger partial charge on any atom is -0.456 e. The molecule has 0 atom stereocenters. The molecule has 0 saturated carbocycles. The molecule has 4 aromatic carbocycles. The van der Waals surface area contributed by atoms with Gasteiger partial charge in [0.05, 0.1) is 17.1 Å². The maximum atomic E-state index is 6.15. The van der Waals surface area contributed by atoms with Gasteiger partial charge >= 0.3 is 0 Å². The molecule has 0 aliphatic carbocycles. The molecular formula is C45H28N6O. The Morgan fingerprint density at radius 1 is 0.385 bits per heavy atom. The molecule has 244 valence electrons. The van der Waals surface area contributed by atoms with Crippen molar-refractivity contribution in [2.45, 2.75) is 0 Å². The second-order valence-corrected chi connectivity index (χ2v) is 12.7. The van der Waals surface area contributed by atoms with E-state index in [1.165, 1.54) is 0 Å². The van der Waals surface area contributed by atoms with E-state index >= 15 is 0 Å². The van der Waals surface area contributed by atoms with Crippen molar-refractivity contribution >= 4 is 60.5 Å². The first-order valence-corrected chi connectivity index (χ1v) is 17.0. The highest BCUT2D eigenvalue weighted by Gasteiger charge is 2.15. The topological polar surface area (TPSA) is 80.8 Å². The Bertz CT molecular complexity index is 2780. The van der Waals surface area contributed by atoms with Gasteiger partial charge in [-0.15, -0.1) is 0 Å². The molecule has 0 fully saturated rings. The maximum absolute atomic E-state index is 6.15. The van der Waals surface area contributed by atoms with Crippen molar-refractivity contribution in [3.63, 3.8) is 0 Å². The molecule has 7 nitrogen and oxygen atoms in total. The smallest absolute Gasteiger partial charge is 0.139 e. The van der Waals surface area contributed by atoms with E-state index in [1.807, 2.05) is 67.4 Å². The van der Waals surface area contributed by atoms with E-state index in [9.17, 15) is 0 Å². The normalized spacial score (nSPS) is 11.5. The van der Waals surface area contributed by atoms with Gasteiger partial charge in [0.15, 0.2) is 0 Å². The SMILES string of the molecule is c1ccc2c(c1)oc1cc(-c3ccc(N(c4ccc(-c5cc6cnccc6cn5)cc4)c4ccc(-c5cc6cnccc6cn5)cc4)cc3)ncc12. The molecule has 7 heteroatoms. The lowest BCUT2D eigenvalue weighted by Gasteiger charge is -2.26. The number of furan rings is 1. The van der Waals surface area contributed by atoms with Crippen LogP contribution in [0.4, 0.5) is 17.1 Å². The van der Waals surface area contributed by atoms with Gasteiger partial charge in [-0.05, 0) is 66.7 Å². The molecule has 10 aromatic rings. The molecule has 0 aliphatic heterocycles. The molecular weight excluding hydrogens is 641 g/mol. The Hall–Kier alpha value is -7.25. The summed E-state index contributed by atoms with van der Waals surface area (Å²) in [6.45, 7) is 0. The summed E-state index contributed by atoms with van der Waals surface area (Å²) in [4.78, 5) is 25.1. The van der Waals surface area contributed by atoms with Gasteiger partial charge in [-0.25, -0.2) is 0 Å². The predicted molar refractivity (Wildman–Crippen MR) is 209 cm³/mol. The molecule has 0 spiro atoms. The van der Waals surface area contributed by atoms with Gasteiger partial charge in [0, 0.05) is 116 Å². The first-order chi connectivity index (χ1) is 25.7. The molecule has 6 heterocycles. The molecule has 0 saturated heterocycles. The van der Waals surface area contributed by atoms with Crippen LogP contribution in [0.3, 0.4) is 0 Å². The van der Waals surface area contributed by atoms with E-state index in [1.54, 1.807) is 12.4 Å². The second kappa shape index (κ2) is 12.3. The van der Waals surface area contributed by atoms with E-state index in [4.69, 9.17) is 19.4 Å². The van der Waals surface area contributed by atoms with Crippen LogP contribution in [-0.2, 0) is 0 Å². The summed E-state index contributed by atoms with van der Waals surface area (Å²) in [7, 11) is 0. The van der Waals surface area contributed by atoms with Gasteiger partial charge in [-0.1, -0.05) is 54.6 Å². The zero-order valence-electron chi connectivity index (χ0n) is 27.8. The van der Waals surface area contributed by atoms with Crippen molar-refractivity contribution < 1.29 is 4.42 Å². The van der Waals surface area contributed by atoms with Crippen molar-refractivity contribution in [3.05, 3.63) is 171 Å². The van der Waals surface area contributed by atoms with Crippen LogP contribution in [0, 0.1) is 0 Å². The van der Waals surface area contributed by atoms with Gasteiger partial charge in [-0.2, -0.15) is 0 Å². The number of para-hydroxylation sites is 1. The van der Waals surface area contributed by atoms with Crippen LogP contribution >= 0.6 is 0 Å². The largest absolute Gasteiger partial charge is 0.456 e. The van der Waals surface area contributed by atoms with Gasteiger partial charge in [0.1, 0.15) is 11.2 Å². The summed E-state index contributed by atoms with van der Waals surface area (Å²) in [5.74, 6) is 0. The van der Waals surface area contributed by atoms with Crippen molar-refractivity contribution in [2.24, 2.45) is 0 Å². The van der Waals surface area contributed by atoms with Crippen LogP contribution in [0.5, 0.6) is 0 Å². The van der Waals surface area contributed by atoms with E-state index in [-0.39, 0.29) is 0 Å². The molecule has 0 amide bonds. The van der Waals surface area contributed by atoms with E-state index in [0.29, 0.717) is 0 Å². The fraction of sp³-hybridized carbons (Fsp3) is 0. The summed E-state index contributed by atoms with van der Waals surface area (Å²) in [5, 5.41) is 6.34. The van der Waals surface area contributed by atoms with Crippen LogP contribution in [-0.4, -0.2) is 24.9 Å². The third-order valence-corrected chi connectivity index (χ3v) is 9.57. The second-order valence-electron chi connectivity index (χ2n) is 12.7. The monoisotopic (exact) mass is 668 g/mol. The minimum atomic E-state index is 0.825. The van der Waals surface area contributed by atoms with Crippen molar-refractivity contribution in [3.8, 4) is 33.8 Å². The first kappa shape index (κ1) is 29.6. The number of benzene rings is 4. The minimum absolute atomic E-state index is 0.825. The van der Waals surface area contributed by atoms with E-state index in [2.05, 4.69) is 106 Å². The van der Waals surface area contributed by atoms with Gasteiger partial charge in [0.25, 0.3) is 0 Å². The standard InChI is InChI=1S/C45H28N6O/c1-2-4-44-39(3-1)40-28-50-43(23-45(40)52-44)31-9-15-38(16-10-31)51(36-11-5-29(6-12-36)41-21-34-24-46-19-17-32(34)26-48-41)37-13-7-30(8-14-37)42-22-35-25-47-20-18-33(35)27-49-42/h1-28H. The molecule has 6 aromatic heterocycles. The molecule has 10 rings (SSSR count). The highest BCUT2D eigenvalue weighted by molar-refractivity contribution is 6.05. The summed E-state index contributed by atoms with van der Waals surface area (Å²) in [6.07, 6.45) is 13.0. The molecule has 52 heavy (non-hydrogen) atoms. The fourth-order valence-electron chi connectivity index (χ4n) is 6.84.